The summed E-state index contributed by atoms with van der Waals surface area (Å²) in [6.45, 7) is 3.08. The summed E-state index contributed by atoms with van der Waals surface area (Å²) in [5.74, 6) is 0.847. The summed E-state index contributed by atoms with van der Waals surface area (Å²) < 4.78 is 22.6. The number of rotatable bonds is 4. The van der Waals surface area contributed by atoms with E-state index in [-0.39, 0.29) is 0 Å². The fourth-order valence-corrected chi connectivity index (χ4v) is 2.82. The summed E-state index contributed by atoms with van der Waals surface area (Å²) >= 11 is 0. The summed E-state index contributed by atoms with van der Waals surface area (Å²) in [4.78, 5) is 0.388. The van der Waals surface area contributed by atoms with Crippen molar-refractivity contribution in [2.45, 2.75) is 37.2 Å². The SMILES string of the molecule is CC1CC(NCc2ccc(S(C)(=O)=O)cc2)C1. The van der Waals surface area contributed by atoms with Gasteiger partial charge in [0, 0.05) is 18.8 Å². The van der Waals surface area contributed by atoms with Crippen LogP contribution in [0.3, 0.4) is 0 Å². The lowest BCUT2D eigenvalue weighted by atomic mass is 9.82. The Bertz CT molecular complexity index is 473. The molecule has 0 bridgehead atoms. The van der Waals surface area contributed by atoms with Crippen LogP contribution >= 0.6 is 0 Å². The van der Waals surface area contributed by atoms with Crippen LogP contribution in [0.1, 0.15) is 25.3 Å². The van der Waals surface area contributed by atoms with Crippen LogP contribution in [0.4, 0.5) is 0 Å². The molecule has 0 aromatic heterocycles. The average molecular weight is 253 g/mol. The molecule has 4 heteroatoms. The maximum Gasteiger partial charge on any atom is 0.175 e. The highest BCUT2D eigenvalue weighted by Gasteiger charge is 2.24. The van der Waals surface area contributed by atoms with Crippen molar-refractivity contribution in [2.75, 3.05) is 6.26 Å². The van der Waals surface area contributed by atoms with Crippen LogP contribution in [0, 0.1) is 5.92 Å². The lowest BCUT2D eigenvalue weighted by Gasteiger charge is -2.33. The largest absolute Gasteiger partial charge is 0.310 e. The molecule has 0 heterocycles. The van der Waals surface area contributed by atoms with E-state index in [0.717, 1.165) is 18.0 Å². The predicted molar refractivity (Wildman–Crippen MR) is 68.6 cm³/mol. The van der Waals surface area contributed by atoms with Crippen molar-refractivity contribution in [2.24, 2.45) is 5.92 Å². The molecule has 0 spiro atoms. The van der Waals surface area contributed by atoms with Gasteiger partial charge in [-0.25, -0.2) is 8.42 Å². The Kier molecular flexibility index (Phi) is 3.54. The summed E-state index contributed by atoms with van der Waals surface area (Å²) in [6, 6.07) is 7.75. The van der Waals surface area contributed by atoms with Gasteiger partial charge in [-0.1, -0.05) is 19.1 Å². The maximum atomic E-state index is 11.3. The van der Waals surface area contributed by atoms with E-state index < -0.39 is 9.84 Å². The molecule has 1 aliphatic rings. The second-order valence-corrected chi connectivity index (χ2v) is 7.09. The zero-order valence-corrected chi connectivity index (χ0v) is 11.1. The number of hydrogen-bond acceptors (Lipinski definition) is 3. The summed E-state index contributed by atoms with van der Waals surface area (Å²) in [7, 11) is -3.07. The second-order valence-electron chi connectivity index (χ2n) is 5.07. The standard InChI is InChI=1S/C13H19NO2S/c1-10-7-12(8-10)14-9-11-3-5-13(6-4-11)17(2,15)16/h3-6,10,12,14H,7-9H2,1-2H3. The molecule has 1 fully saturated rings. The van der Waals surface area contributed by atoms with E-state index in [1.807, 2.05) is 12.1 Å². The smallest absolute Gasteiger partial charge is 0.175 e. The molecular formula is C13H19NO2S. The maximum absolute atomic E-state index is 11.3. The minimum absolute atomic E-state index is 0.388. The third-order valence-electron chi connectivity index (χ3n) is 3.32. The average Bonchev–Trinajstić information content (AvgIpc) is 2.22. The summed E-state index contributed by atoms with van der Waals surface area (Å²) in [5, 5.41) is 3.47. The molecule has 17 heavy (non-hydrogen) atoms. The first-order chi connectivity index (χ1) is 7.95. The Hall–Kier alpha value is -0.870. The van der Waals surface area contributed by atoms with Gasteiger partial charge in [0.15, 0.2) is 9.84 Å². The van der Waals surface area contributed by atoms with Gasteiger partial charge in [-0.05, 0) is 36.5 Å². The molecule has 2 rings (SSSR count). The molecule has 1 saturated carbocycles. The van der Waals surface area contributed by atoms with Gasteiger partial charge >= 0.3 is 0 Å². The van der Waals surface area contributed by atoms with E-state index in [0.29, 0.717) is 10.9 Å². The molecule has 94 valence electrons. The van der Waals surface area contributed by atoms with Crippen LogP contribution in [-0.2, 0) is 16.4 Å². The zero-order chi connectivity index (χ0) is 12.5. The normalized spacial score (nSPS) is 24.4. The highest BCUT2D eigenvalue weighted by molar-refractivity contribution is 7.90. The first-order valence-electron chi connectivity index (χ1n) is 5.97. The summed E-state index contributed by atoms with van der Waals surface area (Å²) in [6.07, 6.45) is 3.73. The molecular weight excluding hydrogens is 234 g/mol. The van der Waals surface area contributed by atoms with Gasteiger partial charge in [-0.15, -0.1) is 0 Å². The van der Waals surface area contributed by atoms with Crippen molar-refractivity contribution in [1.29, 1.82) is 0 Å². The topological polar surface area (TPSA) is 46.2 Å². The predicted octanol–water partition coefficient (Wildman–Crippen LogP) is 1.98. The van der Waals surface area contributed by atoms with Gasteiger partial charge in [0.1, 0.15) is 0 Å². The lowest BCUT2D eigenvalue weighted by Crippen LogP contribution is -2.39. The van der Waals surface area contributed by atoms with E-state index in [1.54, 1.807) is 12.1 Å². The molecule has 0 saturated heterocycles. The number of benzene rings is 1. The molecule has 0 amide bonds. The van der Waals surface area contributed by atoms with E-state index in [1.165, 1.54) is 19.1 Å². The van der Waals surface area contributed by atoms with E-state index in [4.69, 9.17) is 0 Å². The van der Waals surface area contributed by atoms with Crippen molar-refractivity contribution in [1.82, 2.24) is 5.32 Å². The first kappa shape index (κ1) is 12.6. The van der Waals surface area contributed by atoms with Gasteiger partial charge in [0.2, 0.25) is 0 Å². The van der Waals surface area contributed by atoms with E-state index >= 15 is 0 Å². The highest BCUT2D eigenvalue weighted by Crippen LogP contribution is 2.26. The van der Waals surface area contributed by atoms with Crippen molar-refractivity contribution >= 4 is 9.84 Å². The number of sulfone groups is 1. The molecule has 1 aliphatic carbocycles. The molecule has 0 atom stereocenters. The summed E-state index contributed by atoms with van der Waals surface area (Å²) in [5.41, 5.74) is 1.14. The van der Waals surface area contributed by atoms with E-state index in [9.17, 15) is 8.42 Å². The molecule has 0 radical (unpaired) electrons. The monoisotopic (exact) mass is 253 g/mol. The Morgan fingerprint density at radius 3 is 2.29 bits per heavy atom. The minimum atomic E-state index is -3.07. The van der Waals surface area contributed by atoms with Crippen molar-refractivity contribution in [3.8, 4) is 0 Å². The number of nitrogens with one attached hydrogen (secondary N) is 1. The second kappa shape index (κ2) is 4.78. The third-order valence-corrected chi connectivity index (χ3v) is 4.45. The Labute approximate surface area is 103 Å². The van der Waals surface area contributed by atoms with Crippen LogP contribution in [-0.4, -0.2) is 20.7 Å². The van der Waals surface area contributed by atoms with Crippen LogP contribution in [0.15, 0.2) is 29.2 Å². The van der Waals surface area contributed by atoms with Crippen LogP contribution in [0.2, 0.25) is 0 Å². The Morgan fingerprint density at radius 2 is 1.82 bits per heavy atom. The Balaban J connectivity index is 1.90. The molecule has 1 aromatic rings. The van der Waals surface area contributed by atoms with Crippen molar-refractivity contribution in [3.63, 3.8) is 0 Å². The van der Waals surface area contributed by atoms with Gasteiger partial charge < -0.3 is 5.32 Å². The fraction of sp³-hybridized carbons (Fsp3) is 0.538. The van der Waals surface area contributed by atoms with Gasteiger partial charge in [-0.3, -0.25) is 0 Å². The van der Waals surface area contributed by atoms with Gasteiger partial charge in [0.05, 0.1) is 4.90 Å². The molecule has 0 unspecified atom stereocenters. The Morgan fingerprint density at radius 1 is 1.24 bits per heavy atom. The highest BCUT2D eigenvalue weighted by atomic mass is 32.2. The fourth-order valence-electron chi connectivity index (χ4n) is 2.19. The van der Waals surface area contributed by atoms with Crippen molar-refractivity contribution < 1.29 is 8.42 Å². The lowest BCUT2D eigenvalue weighted by molar-refractivity contribution is 0.240. The van der Waals surface area contributed by atoms with Crippen molar-refractivity contribution in [3.05, 3.63) is 29.8 Å². The van der Waals surface area contributed by atoms with Gasteiger partial charge in [-0.2, -0.15) is 0 Å². The minimum Gasteiger partial charge on any atom is -0.310 e. The zero-order valence-electron chi connectivity index (χ0n) is 10.3. The van der Waals surface area contributed by atoms with Gasteiger partial charge in [0.25, 0.3) is 0 Å². The third kappa shape index (κ3) is 3.30. The molecule has 1 aromatic carbocycles. The van der Waals surface area contributed by atoms with Crippen LogP contribution in [0.25, 0.3) is 0 Å². The van der Waals surface area contributed by atoms with Crippen LogP contribution in [0.5, 0.6) is 0 Å². The molecule has 0 aliphatic heterocycles. The molecule has 1 N–H and O–H groups in total. The van der Waals surface area contributed by atoms with Crippen LogP contribution < -0.4 is 5.32 Å². The quantitative estimate of drug-likeness (QED) is 0.892. The van der Waals surface area contributed by atoms with E-state index in [2.05, 4.69) is 12.2 Å². The molecule has 3 nitrogen and oxygen atoms in total. The number of hydrogen-bond donors (Lipinski definition) is 1. The first-order valence-corrected chi connectivity index (χ1v) is 7.86.